The first-order valence-corrected chi connectivity index (χ1v) is 6.18. The number of carbonyl (C=O) groups excluding carboxylic acids is 1. The van der Waals surface area contributed by atoms with E-state index in [2.05, 4.69) is 0 Å². The monoisotopic (exact) mass is 277 g/mol. The fraction of sp³-hybridized carbons (Fsp3) is 0.133. The van der Waals surface area contributed by atoms with Crippen LogP contribution in [0.15, 0.2) is 36.4 Å². The summed E-state index contributed by atoms with van der Waals surface area (Å²) in [5.41, 5.74) is 7.86. The molecule has 0 aliphatic rings. The lowest BCUT2D eigenvalue weighted by atomic mass is 10.00. The number of carbonyl (C=O) groups is 1. The highest BCUT2D eigenvalue weighted by Gasteiger charge is 2.13. The molecule has 19 heavy (non-hydrogen) atoms. The fourth-order valence-corrected chi connectivity index (χ4v) is 2.00. The van der Waals surface area contributed by atoms with E-state index >= 15 is 0 Å². The number of halogens is 2. The maximum atomic E-state index is 13.6. The van der Waals surface area contributed by atoms with Gasteiger partial charge in [0.1, 0.15) is 5.82 Å². The molecule has 4 heteroatoms. The SMILES string of the molecule is Cc1ccc(N)c(C(=O)Cc2ccc(Cl)cc2F)c1. The molecule has 2 N–H and O–H groups in total. The van der Waals surface area contributed by atoms with E-state index < -0.39 is 5.82 Å². The lowest BCUT2D eigenvalue weighted by Gasteiger charge is -2.07. The molecular formula is C15H13ClFNO. The van der Waals surface area contributed by atoms with Crippen molar-refractivity contribution in [2.24, 2.45) is 0 Å². The van der Waals surface area contributed by atoms with Crippen LogP contribution >= 0.6 is 11.6 Å². The number of hydrogen-bond acceptors (Lipinski definition) is 2. The third-order valence-electron chi connectivity index (χ3n) is 2.88. The number of hydrogen-bond donors (Lipinski definition) is 1. The molecule has 0 aromatic heterocycles. The van der Waals surface area contributed by atoms with Gasteiger partial charge in [-0.25, -0.2) is 4.39 Å². The first-order chi connectivity index (χ1) is 8.97. The Morgan fingerprint density at radius 1 is 1.26 bits per heavy atom. The molecule has 0 spiro atoms. The van der Waals surface area contributed by atoms with Crippen LogP contribution in [0.1, 0.15) is 21.5 Å². The van der Waals surface area contributed by atoms with Gasteiger partial charge < -0.3 is 5.73 Å². The van der Waals surface area contributed by atoms with Gasteiger partial charge in [-0.05, 0) is 36.8 Å². The van der Waals surface area contributed by atoms with E-state index in [4.69, 9.17) is 17.3 Å². The first-order valence-electron chi connectivity index (χ1n) is 5.80. The Labute approximate surface area is 116 Å². The minimum absolute atomic E-state index is 0.0311. The number of rotatable bonds is 3. The van der Waals surface area contributed by atoms with Gasteiger partial charge in [-0.3, -0.25) is 4.79 Å². The van der Waals surface area contributed by atoms with Gasteiger partial charge in [-0.1, -0.05) is 29.3 Å². The zero-order valence-electron chi connectivity index (χ0n) is 10.4. The number of ketones is 1. The quantitative estimate of drug-likeness (QED) is 0.685. The van der Waals surface area contributed by atoms with Gasteiger partial charge in [0.05, 0.1) is 0 Å². The topological polar surface area (TPSA) is 43.1 Å². The minimum atomic E-state index is -0.480. The molecule has 0 heterocycles. The third kappa shape index (κ3) is 3.12. The number of Topliss-reactive ketones (excluding diaryl/α,β-unsaturated/α-hetero) is 1. The lowest BCUT2D eigenvalue weighted by molar-refractivity contribution is 0.0992. The maximum absolute atomic E-state index is 13.6. The molecule has 0 radical (unpaired) electrons. The van der Waals surface area contributed by atoms with Crippen molar-refractivity contribution in [2.45, 2.75) is 13.3 Å². The Morgan fingerprint density at radius 2 is 2.00 bits per heavy atom. The summed E-state index contributed by atoms with van der Waals surface area (Å²) in [6.45, 7) is 1.87. The second-order valence-corrected chi connectivity index (χ2v) is 4.86. The molecule has 98 valence electrons. The molecule has 2 aromatic carbocycles. The average Bonchev–Trinajstić information content (AvgIpc) is 2.35. The van der Waals surface area contributed by atoms with Crippen LogP contribution in [-0.4, -0.2) is 5.78 Å². The zero-order chi connectivity index (χ0) is 14.0. The molecule has 0 bridgehead atoms. The van der Waals surface area contributed by atoms with Crippen molar-refractivity contribution < 1.29 is 9.18 Å². The van der Waals surface area contributed by atoms with Crippen LogP contribution in [-0.2, 0) is 6.42 Å². The van der Waals surface area contributed by atoms with Crippen molar-refractivity contribution >= 4 is 23.1 Å². The van der Waals surface area contributed by atoms with Crippen LogP contribution in [0.5, 0.6) is 0 Å². The Morgan fingerprint density at radius 3 is 2.68 bits per heavy atom. The molecule has 0 aliphatic heterocycles. The van der Waals surface area contributed by atoms with Gasteiger partial charge in [-0.15, -0.1) is 0 Å². The van der Waals surface area contributed by atoms with E-state index in [1.54, 1.807) is 18.2 Å². The van der Waals surface area contributed by atoms with Crippen molar-refractivity contribution in [1.29, 1.82) is 0 Å². The smallest absolute Gasteiger partial charge is 0.169 e. The second kappa shape index (κ2) is 5.41. The standard InChI is InChI=1S/C15H13ClFNO/c1-9-2-5-14(18)12(6-9)15(19)7-10-3-4-11(16)8-13(10)17/h2-6,8H,7,18H2,1H3. The summed E-state index contributed by atoms with van der Waals surface area (Å²) >= 11 is 5.67. The van der Waals surface area contributed by atoms with E-state index in [1.807, 2.05) is 13.0 Å². The van der Waals surface area contributed by atoms with Crippen molar-refractivity contribution in [2.75, 3.05) is 5.73 Å². The molecule has 0 amide bonds. The summed E-state index contributed by atoms with van der Waals surface area (Å²) < 4.78 is 13.6. The van der Waals surface area contributed by atoms with E-state index in [-0.39, 0.29) is 12.2 Å². The van der Waals surface area contributed by atoms with E-state index in [0.717, 1.165) is 5.56 Å². The minimum Gasteiger partial charge on any atom is -0.398 e. The van der Waals surface area contributed by atoms with Gasteiger partial charge in [0, 0.05) is 22.7 Å². The normalized spacial score (nSPS) is 10.5. The highest BCUT2D eigenvalue weighted by Crippen LogP contribution is 2.19. The van der Waals surface area contributed by atoms with Crippen molar-refractivity contribution in [3.05, 3.63) is 63.9 Å². The van der Waals surface area contributed by atoms with Gasteiger partial charge in [-0.2, -0.15) is 0 Å². The van der Waals surface area contributed by atoms with Crippen LogP contribution in [0.4, 0.5) is 10.1 Å². The van der Waals surface area contributed by atoms with Crippen molar-refractivity contribution in [1.82, 2.24) is 0 Å². The predicted molar refractivity (Wildman–Crippen MR) is 75.0 cm³/mol. The molecule has 2 rings (SSSR count). The van der Waals surface area contributed by atoms with Gasteiger partial charge >= 0.3 is 0 Å². The molecule has 2 aromatic rings. The number of nitrogens with two attached hydrogens (primary N) is 1. The summed E-state index contributed by atoms with van der Waals surface area (Å²) in [5.74, 6) is -0.686. The summed E-state index contributed by atoms with van der Waals surface area (Å²) in [4.78, 5) is 12.1. The molecule has 0 atom stereocenters. The number of nitrogen functional groups attached to an aromatic ring is 1. The van der Waals surface area contributed by atoms with Crippen LogP contribution < -0.4 is 5.73 Å². The van der Waals surface area contributed by atoms with Crippen LogP contribution in [0.3, 0.4) is 0 Å². The van der Waals surface area contributed by atoms with Gasteiger partial charge in [0.25, 0.3) is 0 Å². The first kappa shape index (κ1) is 13.6. The van der Waals surface area contributed by atoms with Crippen LogP contribution in [0.25, 0.3) is 0 Å². The van der Waals surface area contributed by atoms with Gasteiger partial charge in [0.2, 0.25) is 0 Å². The second-order valence-electron chi connectivity index (χ2n) is 4.43. The molecule has 0 saturated carbocycles. The predicted octanol–water partition coefficient (Wildman–Crippen LogP) is 3.80. The highest BCUT2D eigenvalue weighted by atomic mass is 35.5. The number of benzene rings is 2. The average molecular weight is 278 g/mol. The Bertz CT molecular complexity index is 640. The molecule has 0 saturated heterocycles. The van der Waals surface area contributed by atoms with Crippen LogP contribution in [0.2, 0.25) is 5.02 Å². The summed E-state index contributed by atoms with van der Waals surface area (Å²) in [7, 11) is 0. The summed E-state index contributed by atoms with van der Waals surface area (Å²) in [6, 6.07) is 9.50. The molecule has 0 fully saturated rings. The Hall–Kier alpha value is -1.87. The number of anilines is 1. The Kier molecular flexibility index (Phi) is 3.86. The molecule has 0 unspecified atom stereocenters. The van der Waals surface area contributed by atoms with Gasteiger partial charge in [0.15, 0.2) is 5.78 Å². The van der Waals surface area contributed by atoms with E-state index in [1.165, 1.54) is 12.1 Å². The van der Waals surface area contributed by atoms with E-state index in [9.17, 15) is 9.18 Å². The number of aryl methyl sites for hydroxylation is 1. The Balaban J connectivity index is 2.28. The van der Waals surface area contributed by atoms with Crippen LogP contribution in [0, 0.1) is 12.7 Å². The molecular weight excluding hydrogens is 265 g/mol. The molecule has 0 aliphatic carbocycles. The van der Waals surface area contributed by atoms with Crippen molar-refractivity contribution in [3.63, 3.8) is 0 Å². The third-order valence-corrected chi connectivity index (χ3v) is 3.11. The largest absolute Gasteiger partial charge is 0.398 e. The zero-order valence-corrected chi connectivity index (χ0v) is 11.2. The van der Waals surface area contributed by atoms with Crippen molar-refractivity contribution in [3.8, 4) is 0 Å². The summed E-state index contributed by atoms with van der Waals surface area (Å²) in [6.07, 6.45) is -0.0311. The highest BCUT2D eigenvalue weighted by molar-refractivity contribution is 6.30. The van der Waals surface area contributed by atoms with E-state index in [0.29, 0.717) is 21.8 Å². The fourth-order valence-electron chi connectivity index (χ4n) is 1.84. The maximum Gasteiger partial charge on any atom is 0.169 e. The molecule has 2 nitrogen and oxygen atoms in total. The summed E-state index contributed by atoms with van der Waals surface area (Å²) in [5, 5.41) is 0.309. The lowest BCUT2D eigenvalue weighted by Crippen LogP contribution is -2.08.